The van der Waals surface area contributed by atoms with Gasteiger partial charge >= 0.3 is 0 Å². The molecule has 1 aromatic rings. The van der Waals surface area contributed by atoms with Gasteiger partial charge in [-0.05, 0) is 63.6 Å². The number of hydrogen-bond donors (Lipinski definition) is 0. The van der Waals surface area contributed by atoms with Crippen molar-refractivity contribution >= 4 is 47.0 Å². The molecule has 1 aromatic carbocycles. The van der Waals surface area contributed by atoms with Crippen LogP contribution in [0, 0.1) is 0 Å². The highest BCUT2D eigenvalue weighted by molar-refractivity contribution is 6.42. The van der Waals surface area contributed by atoms with Crippen LogP contribution in [0.15, 0.2) is 24.3 Å². The van der Waals surface area contributed by atoms with E-state index in [1.54, 1.807) is 38.1 Å². The maximum Gasteiger partial charge on any atom is 0.254 e. The van der Waals surface area contributed by atoms with Crippen molar-refractivity contribution in [3.8, 4) is 0 Å². The Balaban J connectivity index is 1.61. The smallest absolute Gasteiger partial charge is 0.254 e. The number of halogens is 2. The van der Waals surface area contributed by atoms with Gasteiger partial charge in [0.05, 0.1) is 10.0 Å². The monoisotopic (exact) mass is 465 g/mol. The van der Waals surface area contributed by atoms with Gasteiger partial charge in [-0.2, -0.15) is 0 Å². The second-order valence-corrected chi connectivity index (χ2v) is 9.37. The van der Waals surface area contributed by atoms with E-state index in [9.17, 15) is 14.4 Å². The maximum absolute atomic E-state index is 13.1. The van der Waals surface area contributed by atoms with E-state index in [2.05, 4.69) is 4.90 Å². The van der Waals surface area contributed by atoms with Crippen molar-refractivity contribution in [3.05, 3.63) is 39.9 Å². The van der Waals surface area contributed by atoms with E-state index < -0.39 is 5.54 Å². The van der Waals surface area contributed by atoms with E-state index in [0.29, 0.717) is 29.6 Å². The molecule has 8 heteroatoms. The Morgan fingerprint density at radius 3 is 2.42 bits per heavy atom. The van der Waals surface area contributed by atoms with E-state index >= 15 is 0 Å². The zero-order chi connectivity index (χ0) is 22.6. The predicted octanol–water partition coefficient (Wildman–Crippen LogP) is 3.86. The maximum atomic E-state index is 13.1. The van der Waals surface area contributed by atoms with Gasteiger partial charge < -0.3 is 9.80 Å². The molecular formula is C23H29Cl2N3O3. The first-order valence-corrected chi connectivity index (χ1v) is 11.5. The molecule has 0 spiro atoms. The highest BCUT2D eigenvalue weighted by Gasteiger charge is 2.45. The Morgan fingerprint density at radius 2 is 1.74 bits per heavy atom. The third-order valence-corrected chi connectivity index (χ3v) is 6.75. The second kappa shape index (κ2) is 10.2. The molecule has 2 aliphatic rings. The number of carbonyl (C=O) groups excluding carboxylic acids is 3. The summed E-state index contributed by atoms with van der Waals surface area (Å²) in [5.74, 6) is -0.786. The molecule has 0 saturated carbocycles. The minimum atomic E-state index is -1.10. The molecule has 0 unspecified atom stereocenters. The molecule has 0 N–H and O–H groups in total. The third kappa shape index (κ3) is 5.68. The van der Waals surface area contributed by atoms with Crippen LogP contribution in [-0.4, -0.2) is 70.7 Å². The van der Waals surface area contributed by atoms with Crippen LogP contribution < -0.4 is 0 Å². The lowest BCUT2D eigenvalue weighted by Crippen LogP contribution is -2.65. The fourth-order valence-corrected chi connectivity index (χ4v) is 4.40. The van der Waals surface area contributed by atoms with Gasteiger partial charge in [-0.15, -0.1) is 0 Å². The summed E-state index contributed by atoms with van der Waals surface area (Å²) in [4.78, 5) is 43.7. The Morgan fingerprint density at radius 1 is 1.03 bits per heavy atom. The number of carbonyl (C=O) groups is 3. The second-order valence-electron chi connectivity index (χ2n) is 8.56. The fourth-order valence-electron chi connectivity index (χ4n) is 4.10. The molecule has 0 bridgehead atoms. The standard InChI is InChI=1S/C23H29Cl2N3O3/c1-23(2)22(31)27(20(29)10-13-26-11-4-3-5-12-26)14-15-28(23)21(30)9-7-17-6-8-18(24)19(25)16-17/h6-9,16H,3-5,10-15H2,1-2H3. The number of nitrogens with zero attached hydrogens (tertiary/aromatic N) is 3. The van der Waals surface area contributed by atoms with Gasteiger partial charge in [0.1, 0.15) is 5.54 Å². The molecule has 2 saturated heterocycles. The summed E-state index contributed by atoms with van der Waals surface area (Å²) in [6.45, 7) is 6.60. The van der Waals surface area contributed by atoms with Crippen LogP contribution in [0.5, 0.6) is 0 Å². The van der Waals surface area contributed by atoms with Crippen LogP contribution in [0.2, 0.25) is 10.0 Å². The molecule has 31 heavy (non-hydrogen) atoms. The first-order chi connectivity index (χ1) is 14.7. The Labute approximate surface area is 193 Å². The quantitative estimate of drug-likeness (QED) is 0.619. The van der Waals surface area contributed by atoms with Gasteiger partial charge in [0.25, 0.3) is 5.91 Å². The summed E-state index contributed by atoms with van der Waals surface area (Å²) in [5, 5.41) is 0.849. The van der Waals surface area contributed by atoms with Gasteiger partial charge in [0, 0.05) is 32.1 Å². The molecule has 3 amide bonds. The molecule has 0 radical (unpaired) electrons. The normalized spacial score (nSPS) is 19.8. The topological polar surface area (TPSA) is 60.9 Å². The number of benzene rings is 1. The first kappa shape index (κ1) is 23.8. The van der Waals surface area contributed by atoms with E-state index in [0.717, 1.165) is 31.5 Å². The number of imide groups is 1. The van der Waals surface area contributed by atoms with Gasteiger partial charge in [0.2, 0.25) is 11.8 Å². The van der Waals surface area contributed by atoms with E-state index in [-0.39, 0.29) is 24.3 Å². The number of piperidine rings is 1. The zero-order valence-electron chi connectivity index (χ0n) is 18.1. The van der Waals surface area contributed by atoms with Crippen molar-refractivity contribution in [2.75, 3.05) is 32.7 Å². The summed E-state index contributed by atoms with van der Waals surface area (Å²) in [7, 11) is 0. The number of rotatable bonds is 5. The number of amides is 3. The van der Waals surface area contributed by atoms with Gasteiger partial charge in [0.15, 0.2) is 0 Å². The van der Waals surface area contributed by atoms with Crippen molar-refractivity contribution < 1.29 is 14.4 Å². The molecule has 6 nitrogen and oxygen atoms in total. The predicted molar refractivity (Wildman–Crippen MR) is 123 cm³/mol. The average molecular weight is 466 g/mol. The highest BCUT2D eigenvalue weighted by atomic mass is 35.5. The van der Waals surface area contributed by atoms with Gasteiger partial charge in [-0.3, -0.25) is 19.3 Å². The first-order valence-electron chi connectivity index (χ1n) is 10.7. The molecule has 0 atom stereocenters. The number of hydrogen-bond acceptors (Lipinski definition) is 4. The van der Waals surface area contributed by atoms with Crippen LogP contribution in [0.25, 0.3) is 6.08 Å². The van der Waals surface area contributed by atoms with Crippen molar-refractivity contribution in [1.82, 2.24) is 14.7 Å². The molecular weight excluding hydrogens is 437 g/mol. The lowest BCUT2D eigenvalue weighted by atomic mass is 9.96. The van der Waals surface area contributed by atoms with Crippen molar-refractivity contribution in [2.45, 2.75) is 45.1 Å². The lowest BCUT2D eigenvalue weighted by molar-refractivity contribution is -0.162. The highest BCUT2D eigenvalue weighted by Crippen LogP contribution is 2.25. The molecule has 2 heterocycles. The van der Waals surface area contributed by atoms with Crippen LogP contribution in [-0.2, 0) is 14.4 Å². The minimum absolute atomic E-state index is 0.165. The van der Waals surface area contributed by atoms with Gasteiger partial charge in [-0.25, -0.2) is 0 Å². The molecule has 2 fully saturated rings. The molecule has 168 valence electrons. The van der Waals surface area contributed by atoms with Crippen LogP contribution in [0.3, 0.4) is 0 Å². The van der Waals surface area contributed by atoms with Crippen LogP contribution >= 0.6 is 23.2 Å². The van der Waals surface area contributed by atoms with E-state index in [1.807, 2.05) is 0 Å². The van der Waals surface area contributed by atoms with Crippen molar-refractivity contribution in [3.63, 3.8) is 0 Å². The Hall–Kier alpha value is -1.89. The van der Waals surface area contributed by atoms with Gasteiger partial charge in [-0.1, -0.05) is 35.7 Å². The summed E-state index contributed by atoms with van der Waals surface area (Å²) in [6.07, 6.45) is 6.96. The fraction of sp³-hybridized carbons (Fsp3) is 0.522. The van der Waals surface area contributed by atoms with Crippen LogP contribution in [0.4, 0.5) is 0 Å². The zero-order valence-corrected chi connectivity index (χ0v) is 19.6. The lowest BCUT2D eigenvalue weighted by Gasteiger charge is -2.44. The third-order valence-electron chi connectivity index (χ3n) is 6.01. The van der Waals surface area contributed by atoms with Crippen molar-refractivity contribution in [1.29, 1.82) is 0 Å². The summed E-state index contributed by atoms with van der Waals surface area (Å²) in [5.41, 5.74) is -0.364. The SMILES string of the molecule is CC1(C)C(=O)N(C(=O)CCN2CCCCC2)CCN1C(=O)C=Cc1ccc(Cl)c(Cl)c1. The van der Waals surface area contributed by atoms with Crippen LogP contribution in [0.1, 0.15) is 45.1 Å². The van der Waals surface area contributed by atoms with Crippen molar-refractivity contribution in [2.24, 2.45) is 0 Å². The Kier molecular flexibility index (Phi) is 7.78. The minimum Gasteiger partial charge on any atom is -0.323 e. The molecule has 0 aromatic heterocycles. The summed E-state index contributed by atoms with van der Waals surface area (Å²) in [6, 6.07) is 5.09. The Bertz CT molecular complexity index is 879. The average Bonchev–Trinajstić information content (AvgIpc) is 2.75. The number of likely N-dealkylation sites (tertiary alicyclic amines) is 1. The van der Waals surface area contributed by atoms with E-state index in [1.165, 1.54) is 22.3 Å². The molecule has 3 rings (SSSR count). The number of piperazine rings is 1. The van der Waals surface area contributed by atoms with E-state index in [4.69, 9.17) is 23.2 Å². The largest absolute Gasteiger partial charge is 0.323 e. The summed E-state index contributed by atoms with van der Waals surface area (Å²) >= 11 is 11.9. The molecule has 0 aliphatic carbocycles. The molecule has 2 aliphatic heterocycles. The summed E-state index contributed by atoms with van der Waals surface area (Å²) < 4.78 is 0.